The maximum atomic E-state index is 5.55. The normalized spacial score (nSPS) is 10.8. The quantitative estimate of drug-likeness (QED) is 0.699. The molecule has 0 amide bonds. The minimum Gasteiger partial charge on any atom is -0.408 e. The first-order valence-corrected chi connectivity index (χ1v) is 4.79. The zero-order valence-electron chi connectivity index (χ0n) is 8.12. The standard InChI is InChI=1S/C8H14ClN3O/c1-6(2)12(3)8-11-10-7(13-8)4-5-9/h6H,4-5H2,1-3H3. The number of halogens is 1. The van der Waals surface area contributed by atoms with Gasteiger partial charge in [0.2, 0.25) is 5.89 Å². The highest BCUT2D eigenvalue weighted by Gasteiger charge is 2.12. The van der Waals surface area contributed by atoms with Gasteiger partial charge in [-0.2, -0.15) is 0 Å². The van der Waals surface area contributed by atoms with Gasteiger partial charge in [-0.3, -0.25) is 0 Å². The molecule has 0 aliphatic rings. The lowest BCUT2D eigenvalue weighted by Crippen LogP contribution is -2.25. The number of aryl methyl sites for hydroxylation is 1. The van der Waals surface area contributed by atoms with Gasteiger partial charge < -0.3 is 9.32 Å². The molecule has 0 aliphatic heterocycles. The third kappa shape index (κ3) is 2.59. The molecule has 1 heterocycles. The van der Waals surface area contributed by atoms with E-state index in [1.54, 1.807) is 0 Å². The minimum absolute atomic E-state index is 0.351. The molecule has 1 rings (SSSR count). The molecular weight excluding hydrogens is 190 g/mol. The molecule has 0 bridgehead atoms. The van der Waals surface area contributed by atoms with Crippen LogP contribution >= 0.6 is 11.6 Å². The number of nitrogens with zero attached hydrogens (tertiary/aromatic N) is 3. The van der Waals surface area contributed by atoms with E-state index in [0.29, 0.717) is 30.2 Å². The smallest absolute Gasteiger partial charge is 0.318 e. The van der Waals surface area contributed by atoms with Gasteiger partial charge in [-0.05, 0) is 13.8 Å². The van der Waals surface area contributed by atoms with E-state index in [-0.39, 0.29) is 0 Å². The molecule has 4 nitrogen and oxygen atoms in total. The van der Waals surface area contributed by atoms with Crippen LogP contribution in [0, 0.1) is 0 Å². The predicted molar refractivity (Wildman–Crippen MR) is 52.3 cm³/mol. The summed E-state index contributed by atoms with van der Waals surface area (Å²) in [5.41, 5.74) is 0. The monoisotopic (exact) mass is 203 g/mol. The third-order valence-electron chi connectivity index (χ3n) is 1.84. The van der Waals surface area contributed by atoms with E-state index in [0.717, 1.165) is 0 Å². The van der Waals surface area contributed by atoms with Gasteiger partial charge in [0.1, 0.15) is 0 Å². The van der Waals surface area contributed by atoms with E-state index in [1.165, 1.54) is 0 Å². The topological polar surface area (TPSA) is 42.2 Å². The Morgan fingerprint density at radius 3 is 2.69 bits per heavy atom. The fraction of sp³-hybridized carbons (Fsp3) is 0.750. The Bertz CT molecular complexity index is 262. The fourth-order valence-electron chi connectivity index (χ4n) is 0.790. The highest BCUT2D eigenvalue weighted by molar-refractivity contribution is 6.17. The Morgan fingerprint density at radius 1 is 1.46 bits per heavy atom. The number of anilines is 1. The number of aromatic nitrogens is 2. The van der Waals surface area contributed by atoms with Gasteiger partial charge in [0, 0.05) is 25.4 Å². The second-order valence-electron chi connectivity index (χ2n) is 3.12. The van der Waals surface area contributed by atoms with Gasteiger partial charge in [-0.25, -0.2) is 0 Å². The molecule has 0 unspecified atom stereocenters. The van der Waals surface area contributed by atoms with Gasteiger partial charge in [0.05, 0.1) is 0 Å². The average Bonchev–Trinajstić information content (AvgIpc) is 2.52. The van der Waals surface area contributed by atoms with Crippen LogP contribution in [0.25, 0.3) is 0 Å². The molecule has 0 aromatic carbocycles. The van der Waals surface area contributed by atoms with Crippen molar-refractivity contribution < 1.29 is 4.42 Å². The molecule has 5 heteroatoms. The van der Waals surface area contributed by atoms with Crippen molar-refractivity contribution in [3.8, 4) is 0 Å². The van der Waals surface area contributed by atoms with Gasteiger partial charge >= 0.3 is 6.01 Å². The Morgan fingerprint density at radius 2 is 2.15 bits per heavy atom. The summed E-state index contributed by atoms with van der Waals surface area (Å²) < 4.78 is 5.37. The van der Waals surface area contributed by atoms with Gasteiger partial charge in [-0.1, -0.05) is 5.10 Å². The molecule has 0 saturated carbocycles. The van der Waals surface area contributed by atoms with E-state index in [1.807, 2.05) is 11.9 Å². The zero-order valence-corrected chi connectivity index (χ0v) is 8.88. The average molecular weight is 204 g/mol. The molecule has 0 spiro atoms. The van der Waals surface area contributed by atoms with Gasteiger partial charge in [-0.15, -0.1) is 16.7 Å². The molecule has 13 heavy (non-hydrogen) atoms. The second kappa shape index (κ2) is 4.46. The first-order chi connectivity index (χ1) is 6.15. The van der Waals surface area contributed by atoms with Crippen LogP contribution in [0.4, 0.5) is 6.01 Å². The number of hydrogen-bond acceptors (Lipinski definition) is 4. The van der Waals surface area contributed by atoms with E-state index in [2.05, 4.69) is 24.0 Å². The second-order valence-corrected chi connectivity index (χ2v) is 3.50. The van der Waals surface area contributed by atoms with Gasteiger partial charge in [0.25, 0.3) is 0 Å². The highest BCUT2D eigenvalue weighted by atomic mass is 35.5. The first kappa shape index (κ1) is 10.3. The first-order valence-electron chi connectivity index (χ1n) is 4.26. The summed E-state index contributed by atoms with van der Waals surface area (Å²) in [5, 5.41) is 7.77. The molecular formula is C8H14ClN3O. The van der Waals surface area contributed by atoms with Crippen LogP contribution < -0.4 is 4.90 Å². The highest BCUT2D eigenvalue weighted by Crippen LogP contribution is 2.13. The lowest BCUT2D eigenvalue weighted by Gasteiger charge is -2.17. The van der Waals surface area contributed by atoms with E-state index in [9.17, 15) is 0 Å². The summed E-state index contributed by atoms with van der Waals surface area (Å²) in [6.07, 6.45) is 0.625. The lowest BCUT2D eigenvalue weighted by molar-refractivity contribution is 0.486. The largest absolute Gasteiger partial charge is 0.408 e. The molecule has 1 aromatic rings. The Hall–Kier alpha value is -0.770. The molecule has 0 N–H and O–H groups in total. The molecule has 0 atom stereocenters. The van der Waals surface area contributed by atoms with Crippen LogP contribution in [0.1, 0.15) is 19.7 Å². The van der Waals surface area contributed by atoms with Crippen molar-refractivity contribution in [1.82, 2.24) is 10.2 Å². The maximum absolute atomic E-state index is 5.55. The summed E-state index contributed by atoms with van der Waals surface area (Å²) in [6, 6.07) is 0.902. The van der Waals surface area contributed by atoms with Crippen LogP contribution in [-0.2, 0) is 6.42 Å². The number of hydrogen-bond donors (Lipinski definition) is 0. The van der Waals surface area contributed by atoms with Crippen molar-refractivity contribution in [1.29, 1.82) is 0 Å². The molecule has 0 saturated heterocycles. The van der Waals surface area contributed by atoms with E-state index < -0.39 is 0 Å². The van der Waals surface area contributed by atoms with Crippen molar-refractivity contribution in [2.24, 2.45) is 0 Å². The van der Waals surface area contributed by atoms with Crippen molar-refractivity contribution in [2.75, 3.05) is 17.8 Å². The lowest BCUT2D eigenvalue weighted by atomic mass is 10.4. The van der Waals surface area contributed by atoms with Crippen molar-refractivity contribution in [3.63, 3.8) is 0 Å². The molecule has 74 valence electrons. The summed E-state index contributed by atoms with van der Waals surface area (Å²) in [4.78, 5) is 1.92. The van der Waals surface area contributed by atoms with Crippen molar-refractivity contribution in [3.05, 3.63) is 5.89 Å². The van der Waals surface area contributed by atoms with Crippen LogP contribution in [0.3, 0.4) is 0 Å². The van der Waals surface area contributed by atoms with E-state index >= 15 is 0 Å². The molecule has 0 fully saturated rings. The third-order valence-corrected chi connectivity index (χ3v) is 2.03. The van der Waals surface area contributed by atoms with Crippen molar-refractivity contribution >= 4 is 17.6 Å². The predicted octanol–water partition coefficient (Wildman–Crippen LogP) is 1.70. The SMILES string of the molecule is CC(C)N(C)c1nnc(CCCl)o1. The summed E-state index contributed by atoms with van der Waals surface area (Å²) in [5.74, 6) is 1.10. The minimum atomic E-state index is 0.351. The summed E-state index contributed by atoms with van der Waals surface area (Å²) in [6.45, 7) is 4.12. The summed E-state index contributed by atoms with van der Waals surface area (Å²) in [7, 11) is 1.92. The van der Waals surface area contributed by atoms with Gasteiger partial charge in [0.15, 0.2) is 0 Å². The van der Waals surface area contributed by atoms with Crippen LogP contribution in [0.15, 0.2) is 4.42 Å². The maximum Gasteiger partial charge on any atom is 0.318 e. The fourth-order valence-corrected chi connectivity index (χ4v) is 0.952. The van der Waals surface area contributed by atoms with E-state index in [4.69, 9.17) is 16.0 Å². The number of alkyl halides is 1. The Balaban J connectivity index is 2.67. The molecule has 0 radical (unpaired) electrons. The summed E-state index contributed by atoms with van der Waals surface area (Å²) >= 11 is 5.55. The van der Waals surface area contributed by atoms with Crippen LogP contribution in [0.2, 0.25) is 0 Å². The van der Waals surface area contributed by atoms with Crippen LogP contribution in [0.5, 0.6) is 0 Å². The Labute approximate surface area is 82.9 Å². The molecule has 0 aliphatic carbocycles. The Kier molecular flexibility index (Phi) is 3.54. The zero-order chi connectivity index (χ0) is 9.84. The number of rotatable bonds is 4. The van der Waals surface area contributed by atoms with Crippen LogP contribution in [-0.4, -0.2) is 29.2 Å². The van der Waals surface area contributed by atoms with Crippen molar-refractivity contribution in [2.45, 2.75) is 26.3 Å². The molecule has 1 aromatic heterocycles.